The van der Waals surface area contributed by atoms with Crippen molar-refractivity contribution in [1.29, 1.82) is 0 Å². The lowest BCUT2D eigenvalue weighted by Gasteiger charge is -1.97. The van der Waals surface area contributed by atoms with Gasteiger partial charge in [-0.15, -0.1) is 0 Å². The fourth-order valence-electron chi connectivity index (χ4n) is 1.47. The summed E-state index contributed by atoms with van der Waals surface area (Å²) in [6.45, 7) is 1.53. The number of aromatic amines is 2. The number of nitrogens with one attached hydrogen (secondary N) is 3. The molecule has 7 nitrogen and oxygen atoms in total. The summed E-state index contributed by atoms with van der Waals surface area (Å²) in [7, 11) is 0. The average molecular weight is 260 g/mol. The molecular weight excluding hydrogens is 248 g/mol. The number of carbonyl (C=O) groups is 1. The number of benzene rings is 1. The maximum atomic E-state index is 11.7. The van der Waals surface area contributed by atoms with Gasteiger partial charge in [0.15, 0.2) is 0 Å². The standard InChI is InChI=1S/C12H12N4O3/c1-7-10(14-16-11(7)18)12(19)15-13-6-8-3-2-4-9(17)5-8/h2-6,17H,1H3,(H,15,19)(H2,14,16,18)/b13-6-. The molecule has 0 aliphatic heterocycles. The van der Waals surface area contributed by atoms with Crippen LogP contribution in [0.3, 0.4) is 0 Å². The van der Waals surface area contributed by atoms with Crippen LogP contribution >= 0.6 is 0 Å². The van der Waals surface area contributed by atoms with Crippen LogP contribution in [0, 0.1) is 6.92 Å². The van der Waals surface area contributed by atoms with Gasteiger partial charge in [0, 0.05) is 5.56 Å². The minimum absolute atomic E-state index is 0.112. The van der Waals surface area contributed by atoms with Crippen molar-refractivity contribution < 1.29 is 9.90 Å². The molecule has 0 spiro atoms. The average Bonchev–Trinajstić information content (AvgIpc) is 2.70. The highest BCUT2D eigenvalue weighted by Crippen LogP contribution is 2.08. The summed E-state index contributed by atoms with van der Waals surface area (Å²) in [5.41, 5.74) is 3.01. The Hall–Kier alpha value is -2.83. The van der Waals surface area contributed by atoms with Crippen molar-refractivity contribution in [1.82, 2.24) is 15.6 Å². The summed E-state index contributed by atoms with van der Waals surface area (Å²) in [5, 5.41) is 17.8. The zero-order valence-electron chi connectivity index (χ0n) is 10.1. The Morgan fingerprint density at radius 1 is 1.42 bits per heavy atom. The first-order chi connectivity index (χ1) is 9.08. The predicted octanol–water partition coefficient (Wildman–Crippen LogP) is 0.481. The Labute approximate surface area is 108 Å². The molecule has 0 bridgehead atoms. The zero-order valence-corrected chi connectivity index (χ0v) is 10.1. The van der Waals surface area contributed by atoms with Crippen LogP contribution in [0.4, 0.5) is 0 Å². The van der Waals surface area contributed by atoms with Crippen LogP contribution in [0.25, 0.3) is 0 Å². The summed E-state index contributed by atoms with van der Waals surface area (Å²) < 4.78 is 0. The van der Waals surface area contributed by atoms with Gasteiger partial charge in [-0.2, -0.15) is 5.10 Å². The van der Waals surface area contributed by atoms with E-state index in [-0.39, 0.29) is 17.0 Å². The summed E-state index contributed by atoms with van der Waals surface area (Å²) in [4.78, 5) is 22.8. The van der Waals surface area contributed by atoms with Gasteiger partial charge in [0.05, 0.1) is 6.21 Å². The molecule has 2 aromatic rings. The van der Waals surface area contributed by atoms with Crippen LogP contribution in [0.2, 0.25) is 0 Å². The number of phenolic OH excluding ortho intramolecular Hbond substituents is 1. The molecule has 1 heterocycles. The SMILES string of the molecule is Cc1c(C(=O)N/N=C\c2cccc(O)c2)[nH][nH]c1=O. The molecule has 19 heavy (non-hydrogen) atoms. The Morgan fingerprint density at radius 3 is 2.84 bits per heavy atom. The Bertz CT molecular complexity index is 684. The van der Waals surface area contributed by atoms with Crippen molar-refractivity contribution >= 4 is 12.1 Å². The minimum Gasteiger partial charge on any atom is -0.508 e. The summed E-state index contributed by atoms with van der Waals surface area (Å²) in [6, 6.07) is 6.41. The number of aromatic hydroxyl groups is 1. The fourth-order valence-corrected chi connectivity index (χ4v) is 1.47. The van der Waals surface area contributed by atoms with E-state index < -0.39 is 5.91 Å². The van der Waals surface area contributed by atoms with Crippen molar-refractivity contribution in [3.63, 3.8) is 0 Å². The molecule has 0 aliphatic rings. The number of hydrogen-bond donors (Lipinski definition) is 4. The highest BCUT2D eigenvalue weighted by Gasteiger charge is 2.12. The number of amides is 1. The number of carbonyl (C=O) groups excluding carboxylic acids is 1. The molecule has 2 rings (SSSR count). The van der Waals surface area contributed by atoms with Gasteiger partial charge >= 0.3 is 0 Å². The normalized spacial score (nSPS) is 10.8. The summed E-state index contributed by atoms with van der Waals surface area (Å²) in [6.07, 6.45) is 1.39. The second-order valence-electron chi connectivity index (χ2n) is 3.87. The largest absolute Gasteiger partial charge is 0.508 e. The number of rotatable bonds is 3. The molecule has 0 aliphatic carbocycles. The number of H-pyrrole nitrogens is 2. The van der Waals surface area contributed by atoms with Gasteiger partial charge in [-0.1, -0.05) is 12.1 Å². The number of hydrogen-bond acceptors (Lipinski definition) is 4. The molecule has 1 aromatic heterocycles. The summed E-state index contributed by atoms with van der Waals surface area (Å²) >= 11 is 0. The third kappa shape index (κ3) is 2.89. The van der Waals surface area contributed by atoms with Gasteiger partial charge < -0.3 is 5.11 Å². The molecule has 0 atom stereocenters. The third-order valence-electron chi connectivity index (χ3n) is 2.49. The quantitative estimate of drug-likeness (QED) is 0.476. The van der Waals surface area contributed by atoms with Crippen LogP contribution in [0.5, 0.6) is 5.75 Å². The molecule has 4 N–H and O–H groups in total. The number of aromatic nitrogens is 2. The Kier molecular flexibility index (Phi) is 3.46. The van der Waals surface area contributed by atoms with E-state index in [1.54, 1.807) is 12.1 Å². The van der Waals surface area contributed by atoms with Crippen LogP contribution in [0.15, 0.2) is 34.2 Å². The van der Waals surface area contributed by atoms with Crippen LogP contribution in [-0.2, 0) is 0 Å². The van der Waals surface area contributed by atoms with Crippen LogP contribution < -0.4 is 11.0 Å². The number of hydrazone groups is 1. The lowest BCUT2D eigenvalue weighted by molar-refractivity contribution is 0.0949. The molecule has 1 amide bonds. The van der Waals surface area contributed by atoms with Crippen molar-refractivity contribution in [3.05, 3.63) is 51.4 Å². The van der Waals surface area contributed by atoms with Crippen molar-refractivity contribution in [3.8, 4) is 5.75 Å². The first-order valence-corrected chi connectivity index (χ1v) is 5.47. The number of nitrogens with zero attached hydrogens (tertiary/aromatic N) is 1. The topological polar surface area (TPSA) is 110 Å². The molecular formula is C12H12N4O3. The monoisotopic (exact) mass is 260 g/mol. The van der Waals surface area contributed by atoms with Gasteiger partial charge in [-0.25, -0.2) is 5.43 Å². The molecule has 1 aromatic carbocycles. The van der Waals surface area contributed by atoms with Crippen LogP contribution in [0.1, 0.15) is 21.6 Å². The smallest absolute Gasteiger partial charge is 0.289 e. The Balaban J connectivity index is 2.05. The zero-order chi connectivity index (χ0) is 13.8. The maximum Gasteiger partial charge on any atom is 0.289 e. The van der Waals surface area contributed by atoms with E-state index >= 15 is 0 Å². The fraction of sp³-hybridized carbons (Fsp3) is 0.0833. The highest BCUT2D eigenvalue weighted by molar-refractivity contribution is 5.94. The van der Waals surface area contributed by atoms with E-state index in [4.69, 9.17) is 0 Å². The van der Waals surface area contributed by atoms with E-state index in [9.17, 15) is 14.7 Å². The van der Waals surface area contributed by atoms with Gasteiger partial charge in [0.1, 0.15) is 11.4 Å². The molecule has 0 saturated carbocycles. The van der Waals surface area contributed by atoms with Gasteiger partial charge in [-0.05, 0) is 24.6 Å². The van der Waals surface area contributed by atoms with Crippen molar-refractivity contribution in [2.45, 2.75) is 6.92 Å². The van der Waals surface area contributed by atoms with E-state index in [0.717, 1.165) is 0 Å². The molecule has 0 unspecified atom stereocenters. The second kappa shape index (κ2) is 5.21. The first kappa shape index (κ1) is 12.6. The van der Waals surface area contributed by atoms with Crippen LogP contribution in [-0.4, -0.2) is 27.4 Å². The molecule has 7 heteroatoms. The maximum absolute atomic E-state index is 11.7. The lowest BCUT2D eigenvalue weighted by Crippen LogP contribution is -2.19. The van der Waals surface area contributed by atoms with Gasteiger partial charge in [0.25, 0.3) is 11.5 Å². The predicted molar refractivity (Wildman–Crippen MR) is 69.3 cm³/mol. The molecule has 0 fully saturated rings. The van der Waals surface area contributed by atoms with E-state index in [1.165, 1.54) is 25.3 Å². The van der Waals surface area contributed by atoms with E-state index in [1.807, 2.05) is 0 Å². The van der Waals surface area contributed by atoms with Crippen molar-refractivity contribution in [2.24, 2.45) is 5.10 Å². The highest BCUT2D eigenvalue weighted by atomic mass is 16.3. The van der Waals surface area contributed by atoms with E-state index in [0.29, 0.717) is 11.1 Å². The molecule has 98 valence electrons. The van der Waals surface area contributed by atoms with Gasteiger partial charge in [0.2, 0.25) is 0 Å². The number of phenols is 1. The summed E-state index contributed by atoms with van der Waals surface area (Å²) in [5.74, 6) is -0.409. The minimum atomic E-state index is -0.521. The van der Waals surface area contributed by atoms with E-state index in [2.05, 4.69) is 20.7 Å². The molecule has 0 radical (unpaired) electrons. The van der Waals surface area contributed by atoms with Gasteiger partial charge in [-0.3, -0.25) is 19.8 Å². The first-order valence-electron chi connectivity index (χ1n) is 5.47. The Morgan fingerprint density at radius 2 is 2.21 bits per heavy atom. The van der Waals surface area contributed by atoms with Crippen molar-refractivity contribution in [2.75, 3.05) is 0 Å². The lowest BCUT2D eigenvalue weighted by atomic mass is 10.2. The molecule has 0 saturated heterocycles. The second-order valence-corrected chi connectivity index (χ2v) is 3.87. The third-order valence-corrected chi connectivity index (χ3v) is 2.49.